The molecule has 0 radical (unpaired) electrons. The molecule has 2 N–H and O–H groups in total. The molecule has 2 rings (SSSR count). The molecular weight excluding hydrogens is 327 g/mol. The van der Waals surface area contributed by atoms with Crippen molar-refractivity contribution in [1.82, 2.24) is 24.6 Å². The Morgan fingerprint density at radius 1 is 1.55 bits per heavy atom. The summed E-state index contributed by atoms with van der Waals surface area (Å²) in [4.78, 5) is 33.5. The summed E-state index contributed by atoms with van der Waals surface area (Å²) in [6.45, 7) is 0.613. The van der Waals surface area contributed by atoms with Gasteiger partial charge in [-0.05, 0) is 19.3 Å². The van der Waals surface area contributed by atoms with Crippen molar-refractivity contribution in [2.24, 2.45) is 0 Å². The van der Waals surface area contributed by atoms with E-state index in [0.717, 1.165) is 0 Å². The van der Waals surface area contributed by atoms with Gasteiger partial charge in [0.1, 0.15) is 0 Å². The van der Waals surface area contributed by atoms with Crippen molar-refractivity contribution in [2.75, 3.05) is 13.6 Å². The molecule has 2 aromatic rings. The van der Waals surface area contributed by atoms with Crippen molar-refractivity contribution in [1.29, 1.82) is 0 Å². The maximum absolute atomic E-state index is 12.3. The lowest BCUT2D eigenvalue weighted by Crippen LogP contribution is -2.40. The van der Waals surface area contributed by atoms with Crippen LogP contribution < -0.4 is 15.7 Å². The Labute approximate surface area is 125 Å². The zero-order valence-corrected chi connectivity index (χ0v) is 11.9. The molecule has 0 aliphatic rings. The van der Waals surface area contributed by atoms with Gasteiger partial charge in [0, 0.05) is 13.1 Å². The minimum absolute atomic E-state index is 0.125. The molecule has 0 fully saturated rings. The smallest absolute Gasteiger partial charge is 0.339 e. The second kappa shape index (κ2) is 5.88. The van der Waals surface area contributed by atoms with Crippen LogP contribution in [0.1, 0.15) is 0 Å². The minimum atomic E-state index is -5.25. The third kappa shape index (κ3) is 2.87. The van der Waals surface area contributed by atoms with Gasteiger partial charge in [0.15, 0.2) is 11.2 Å². The monoisotopic (exact) mass is 337 g/mol. The number of hydrogen-bond donors (Lipinski definition) is 2. The number of halogens is 3. The van der Waals surface area contributed by atoms with E-state index in [1.807, 2.05) is 0 Å². The van der Waals surface area contributed by atoms with Crippen LogP contribution in [0.3, 0.4) is 0 Å². The molecular formula is C10H10F3N5O3S. The van der Waals surface area contributed by atoms with E-state index in [4.69, 9.17) is 12.2 Å². The van der Waals surface area contributed by atoms with Gasteiger partial charge in [-0.15, -0.1) is 4.73 Å². The lowest BCUT2D eigenvalue weighted by Gasteiger charge is -2.13. The summed E-state index contributed by atoms with van der Waals surface area (Å²) in [7, 11) is 1.66. The fourth-order valence-corrected chi connectivity index (χ4v) is 1.98. The molecule has 2 aromatic heterocycles. The second-order valence-corrected chi connectivity index (χ2v) is 4.48. The molecule has 0 aromatic carbocycles. The van der Waals surface area contributed by atoms with Gasteiger partial charge in [-0.3, -0.25) is 9.36 Å². The van der Waals surface area contributed by atoms with Crippen LogP contribution in [-0.2, 0) is 11.3 Å². The molecule has 120 valence electrons. The largest absolute Gasteiger partial charge is 0.493 e. The number of H-pyrrole nitrogens is 1. The second-order valence-electron chi connectivity index (χ2n) is 4.11. The number of carbonyl (C=O) groups excluding carboxylic acids is 1. The predicted octanol–water partition coefficient (Wildman–Crippen LogP) is -0.00751. The number of fused-ring (bicyclic) bond motifs is 1. The number of carbonyl (C=O) groups is 1. The molecule has 0 unspecified atom stereocenters. The first-order chi connectivity index (χ1) is 10.3. The van der Waals surface area contributed by atoms with Crippen LogP contribution in [0.15, 0.2) is 11.1 Å². The van der Waals surface area contributed by atoms with Crippen LogP contribution >= 0.6 is 12.2 Å². The van der Waals surface area contributed by atoms with Crippen LogP contribution in [0.4, 0.5) is 13.2 Å². The van der Waals surface area contributed by atoms with Crippen molar-refractivity contribution < 1.29 is 22.8 Å². The van der Waals surface area contributed by atoms with Gasteiger partial charge >= 0.3 is 17.7 Å². The third-order valence-corrected chi connectivity index (χ3v) is 3.06. The van der Waals surface area contributed by atoms with Gasteiger partial charge < -0.3 is 15.1 Å². The SMILES string of the molecule is CNCCn1c(=S)n(OC(=O)C(F)(F)F)c(=O)c2[nH]cnc21. The quantitative estimate of drug-likeness (QED) is 0.763. The molecule has 0 saturated heterocycles. The highest BCUT2D eigenvalue weighted by Crippen LogP contribution is 2.15. The van der Waals surface area contributed by atoms with Crippen molar-refractivity contribution in [2.45, 2.75) is 12.7 Å². The van der Waals surface area contributed by atoms with Crippen LogP contribution in [0.5, 0.6) is 0 Å². The highest BCUT2D eigenvalue weighted by atomic mass is 32.1. The Kier molecular flexibility index (Phi) is 4.32. The zero-order chi connectivity index (χ0) is 16.5. The van der Waals surface area contributed by atoms with Gasteiger partial charge in [0.2, 0.25) is 4.77 Å². The van der Waals surface area contributed by atoms with Crippen LogP contribution in [0.25, 0.3) is 11.2 Å². The van der Waals surface area contributed by atoms with Crippen molar-refractivity contribution in [3.8, 4) is 0 Å². The number of alkyl halides is 3. The molecule has 0 atom stereocenters. The summed E-state index contributed by atoms with van der Waals surface area (Å²) < 4.78 is 37.9. The van der Waals surface area contributed by atoms with Gasteiger partial charge in [-0.2, -0.15) is 13.2 Å². The van der Waals surface area contributed by atoms with Gasteiger partial charge in [-0.25, -0.2) is 9.78 Å². The van der Waals surface area contributed by atoms with Crippen LogP contribution in [0, 0.1) is 4.77 Å². The van der Waals surface area contributed by atoms with E-state index < -0.39 is 22.5 Å². The minimum Gasteiger partial charge on any atom is -0.339 e. The highest BCUT2D eigenvalue weighted by Gasteiger charge is 2.42. The maximum atomic E-state index is 12.3. The first kappa shape index (κ1) is 16.2. The van der Waals surface area contributed by atoms with Crippen LogP contribution in [-0.4, -0.2) is 45.0 Å². The Morgan fingerprint density at radius 3 is 2.82 bits per heavy atom. The zero-order valence-electron chi connectivity index (χ0n) is 11.1. The predicted molar refractivity (Wildman–Crippen MR) is 70.7 cm³/mol. The molecule has 22 heavy (non-hydrogen) atoms. The van der Waals surface area contributed by atoms with E-state index >= 15 is 0 Å². The van der Waals surface area contributed by atoms with E-state index in [1.54, 1.807) is 7.05 Å². The normalized spacial score (nSPS) is 11.8. The summed E-state index contributed by atoms with van der Waals surface area (Å²) >= 11 is 4.93. The Hall–Kier alpha value is -2.21. The van der Waals surface area contributed by atoms with E-state index in [2.05, 4.69) is 20.1 Å². The van der Waals surface area contributed by atoms with E-state index in [9.17, 15) is 22.8 Å². The summed E-state index contributed by atoms with van der Waals surface area (Å²) in [6.07, 6.45) is -4.06. The average molecular weight is 337 g/mol. The number of likely N-dealkylation sites (N-methyl/N-ethyl adjacent to an activating group) is 1. The van der Waals surface area contributed by atoms with Crippen LogP contribution in [0.2, 0.25) is 0 Å². The van der Waals surface area contributed by atoms with Gasteiger partial charge in [-0.1, -0.05) is 0 Å². The number of rotatable bonds is 4. The van der Waals surface area contributed by atoms with E-state index in [0.29, 0.717) is 6.54 Å². The topological polar surface area (TPSA) is 93.9 Å². The number of nitrogens with one attached hydrogen (secondary N) is 2. The molecule has 0 aliphatic heterocycles. The number of aromatic amines is 1. The van der Waals surface area contributed by atoms with Gasteiger partial charge in [0.25, 0.3) is 0 Å². The summed E-state index contributed by atoms with van der Waals surface area (Å²) in [5.74, 6) is -2.54. The Balaban J connectivity index is 2.61. The highest BCUT2D eigenvalue weighted by molar-refractivity contribution is 7.71. The fraction of sp³-hybridized carbons (Fsp3) is 0.400. The molecule has 0 amide bonds. The Bertz CT molecular complexity index is 822. The molecule has 0 aliphatic carbocycles. The average Bonchev–Trinajstić information content (AvgIpc) is 2.91. The number of aromatic nitrogens is 4. The first-order valence-electron chi connectivity index (χ1n) is 5.90. The third-order valence-electron chi connectivity index (χ3n) is 2.67. The Morgan fingerprint density at radius 2 is 2.23 bits per heavy atom. The van der Waals surface area contributed by atoms with E-state index in [-0.39, 0.29) is 22.4 Å². The summed E-state index contributed by atoms with van der Waals surface area (Å²) in [5, 5.41) is 2.82. The summed E-state index contributed by atoms with van der Waals surface area (Å²) in [6, 6.07) is 0. The molecule has 2 heterocycles. The van der Waals surface area contributed by atoms with Gasteiger partial charge in [0.05, 0.1) is 6.33 Å². The standard InChI is InChI=1S/C10H10F3N5O3S/c1-14-2-3-17-6-5(15-4-16-6)7(19)18(9(17)22)21-8(20)10(11,12)13/h4,14H,2-3H2,1H3,(H,15,16). The molecule has 12 heteroatoms. The van der Waals surface area contributed by atoms with Crippen molar-refractivity contribution >= 4 is 29.4 Å². The maximum Gasteiger partial charge on any atom is 0.493 e. The first-order valence-corrected chi connectivity index (χ1v) is 6.31. The number of nitrogens with zero attached hydrogens (tertiary/aromatic N) is 3. The number of hydrogen-bond acceptors (Lipinski definition) is 6. The number of imidazole rings is 1. The summed E-state index contributed by atoms with van der Waals surface area (Å²) in [5.41, 5.74) is -1.000. The molecule has 0 bridgehead atoms. The van der Waals surface area contributed by atoms with E-state index in [1.165, 1.54) is 10.9 Å². The van der Waals surface area contributed by atoms with Crippen molar-refractivity contribution in [3.05, 3.63) is 21.5 Å². The van der Waals surface area contributed by atoms with Crippen molar-refractivity contribution in [3.63, 3.8) is 0 Å². The lowest BCUT2D eigenvalue weighted by molar-refractivity contribution is -0.200. The molecule has 0 saturated carbocycles. The molecule has 0 spiro atoms. The lowest BCUT2D eigenvalue weighted by atomic mass is 10.5. The fourth-order valence-electron chi connectivity index (χ4n) is 1.68. The molecule has 8 nitrogen and oxygen atoms in total.